The second kappa shape index (κ2) is 3.67. The van der Waals surface area contributed by atoms with Crippen LogP contribution in [0.15, 0.2) is 0 Å². The van der Waals surface area contributed by atoms with E-state index in [0.717, 1.165) is 43.9 Å². The minimum atomic E-state index is -0.608. The van der Waals surface area contributed by atoms with Gasteiger partial charge in [-0.25, -0.2) is 0 Å². The van der Waals surface area contributed by atoms with Crippen LogP contribution in [-0.2, 0) is 0 Å². The lowest BCUT2D eigenvalue weighted by atomic mass is 9.74. The Bertz CT molecular complexity index is 208. The summed E-state index contributed by atoms with van der Waals surface area (Å²) in [6.07, 6.45) is 2.64. The monoisotopic (exact) mass is 216 g/mol. The molecule has 0 saturated carbocycles. The van der Waals surface area contributed by atoms with Crippen molar-refractivity contribution in [2.24, 2.45) is 5.73 Å². The van der Waals surface area contributed by atoms with E-state index in [1.165, 1.54) is 0 Å². The number of aliphatic hydroxyl groups is 1. The summed E-state index contributed by atoms with van der Waals surface area (Å²) in [4.78, 5) is 2.26. The normalized spacial score (nSPS) is 38.8. The van der Waals surface area contributed by atoms with Crippen LogP contribution in [0.5, 0.6) is 0 Å². The summed E-state index contributed by atoms with van der Waals surface area (Å²) in [6.45, 7) is 1.94. The molecule has 2 heterocycles. The van der Waals surface area contributed by atoms with E-state index in [1.807, 2.05) is 11.8 Å². The zero-order valence-corrected chi connectivity index (χ0v) is 9.65. The van der Waals surface area contributed by atoms with Crippen molar-refractivity contribution in [3.8, 4) is 0 Å². The smallest absolute Gasteiger partial charge is 0.0859 e. The van der Waals surface area contributed by atoms with E-state index in [-0.39, 0.29) is 5.54 Å². The number of piperidine rings is 1. The number of nitrogens with two attached hydrogens (primary N) is 1. The first kappa shape index (κ1) is 10.7. The third-order valence-corrected chi connectivity index (χ3v) is 5.01. The zero-order chi connectivity index (χ0) is 10.2. The molecule has 2 rings (SSSR count). The van der Waals surface area contributed by atoms with Crippen LogP contribution in [0, 0.1) is 0 Å². The highest BCUT2D eigenvalue weighted by molar-refractivity contribution is 7.99. The molecule has 82 valence electrons. The summed E-state index contributed by atoms with van der Waals surface area (Å²) in [5.74, 6) is 2.03. The van der Waals surface area contributed by atoms with E-state index in [4.69, 9.17) is 5.73 Å². The van der Waals surface area contributed by atoms with Crippen molar-refractivity contribution in [2.75, 3.05) is 31.6 Å². The molecule has 0 aromatic carbocycles. The van der Waals surface area contributed by atoms with Crippen molar-refractivity contribution in [3.63, 3.8) is 0 Å². The molecule has 2 aliphatic heterocycles. The summed E-state index contributed by atoms with van der Waals surface area (Å²) in [6, 6.07) is 0. The van der Waals surface area contributed by atoms with Crippen molar-refractivity contribution in [1.29, 1.82) is 0 Å². The van der Waals surface area contributed by atoms with Gasteiger partial charge in [0.2, 0.25) is 0 Å². The maximum Gasteiger partial charge on any atom is 0.0859 e. The minimum Gasteiger partial charge on any atom is -0.388 e. The van der Waals surface area contributed by atoms with Gasteiger partial charge < -0.3 is 15.7 Å². The highest BCUT2D eigenvalue weighted by Gasteiger charge is 2.50. The van der Waals surface area contributed by atoms with Crippen molar-refractivity contribution >= 4 is 11.8 Å². The van der Waals surface area contributed by atoms with Gasteiger partial charge in [-0.2, -0.15) is 11.8 Å². The van der Waals surface area contributed by atoms with Crippen molar-refractivity contribution in [3.05, 3.63) is 0 Å². The highest BCUT2D eigenvalue weighted by Crippen LogP contribution is 2.40. The Morgan fingerprint density at radius 2 is 1.93 bits per heavy atom. The predicted octanol–water partition coefficient (Wildman–Crippen LogP) is 0.277. The molecule has 4 heteroatoms. The van der Waals surface area contributed by atoms with Gasteiger partial charge in [0.1, 0.15) is 0 Å². The zero-order valence-electron chi connectivity index (χ0n) is 8.83. The molecule has 1 unspecified atom stereocenters. The molecule has 2 aliphatic rings. The summed E-state index contributed by atoms with van der Waals surface area (Å²) >= 11 is 1.88. The van der Waals surface area contributed by atoms with Gasteiger partial charge in [-0.1, -0.05) is 0 Å². The minimum absolute atomic E-state index is 0.321. The fourth-order valence-corrected chi connectivity index (χ4v) is 3.86. The molecule has 14 heavy (non-hydrogen) atoms. The Kier molecular flexibility index (Phi) is 2.81. The van der Waals surface area contributed by atoms with E-state index in [1.54, 1.807) is 0 Å². The van der Waals surface area contributed by atoms with Crippen LogP contribution in [0.2, 0.25) is 0 Å². The highest BCUT2D eigenvalue weighted by atomic mass is 32.2. The average Bonchev–Trinajstić information content (AvgIpc) is 2.60. The van der Waals surface area contributed by atoms with E-state index in [2.05, 4.69) is 11.9 Å². The SMILES string of the molecule is CN1CCC(O)(C2(N)CCSC2)CC1. The van der Waals surface area contributed by atoms with E-state index in [9.17, 15) is 5.11 Å². The van der Waals surface area contributed by atoms with E-state index in [0.29, 0.717) is 0 Å². The van der Waals surface area contributed by atoms with Crippen molar-refractivity contribution in [1.82, 2.24) is 4.90 Å². The molecule has 2 saturated heterocycles. The summed E-state index contributed by atoms with van der Waals surface area (Å²) in [5, 5.41) is 10.6. The van der Waals surface area contributed by atoms with Gasteiger partial charge in [0.25, 0.3) is 0 Å². The maximum absolute atomic E-state index is 10.6. The summed E-state index contributed by atoms with van der Waals surface area (Å²) < 4.78 is 0. The first-order chi connectivity index (χ1) is 6.56. The van der Waals surface area contributed by atoms with E-state index < -0.39 is 5.60 Å². The molecule has 1 atom stereocenters. The summed E-state index contributed by atoms with van der Waals surface area (Å²) in [7, 11) is 2.10. The number of likely N-dealkylation sites (tertiary alicyclic amines) is 1. The molecule has 2 fully saturated rings. The standard InChI is InChI=1S/C10H20N2OS/c1-12-5-2-10(13,3-6-12)9(11)4-7-14-8-9/h13H,2-8,11H2,1H3. The molecular formula is C10H20N2OS. The molecule has 3 nitrogen and oxygen atoms in total. The first-order valence-corrected chi connectivity index (χ1v) is 6.49. The quantitative estimate of drug-likeness (QED) is 0.661. The van der Waals surface area contributed by atoms with Crippen LogP contribution in [0.4, 0.5) is 0 Å². The Hall–Kier alpha value is 0.230. The third-order valence-electron chi connectivity index (χ3n) is 3.79. The molecule has 0 radical (unpaired) electrons. The molecule has 0 spiro atoms. The fraction of sp³-hybridized carbons (Fsp3) is 1.00. The van der Waals surface area contributed by atoms with Crippen LogP contribution < -0.4 is 5.73 Å². The van der Waals surface area contributed by atoms with Crippen LogP contribution in [0.3, 0.4) is 0 Å². The molecule has 0 aliphatic carbocycles. The molecule has 0 amide bonds. The first-order valence-electron chi connectivity index (χ1n) is 5.33. The van der Waals surface area contributed by atoms with E-state index >= 15 is 0 Å². The Morgan fingerprint density at radius 3 is 2.43 bits per heavy atom. The second-order valence-corrected chi connectivity index (χ2v) is 5.90. The molecule has 0 aromatic rings. The maximum atomic E-state index is 10.6. The molecule has 0 bridgehead atoms. The Morgan fingerprint density at radius 1 is 1.29 bits per heavy atom. The molecule has 0 aromatic heterocycles. The predicted molar refractivity (Wildman–Crippen MR) is 60.5 cm³/mol. The van der Waals surface area contributed by atoms with Gasteiger partial charge in [-0.15, -0.1) is 0 Å². The Balaban J connectivity index is 2.07. The topological polar surface area (TPSA) is 49.5 Å². The van der Waals surface area contributed by atoms with Crippen LogP contribution in [0.25, 0.3) is 0 Å². The van der Waals surface area contributed by atoms with Gasteiger partial charge in [-0.05, 0) is 32.1 Å². The average molecular weight is 216 g/mol. The number of hydrogen-bond acceptors (Lipinski definition) is 4. The summed E-state index contributed by atoms with van der Waals surface area (Å²) in [5.41, 5.74) is 5.40. The fourth-order valence-electron chi connectivity index (χ4n) is 2.43. The number of thioether (sulfide) groups is 1. The lowest BCUT2D eigenvalue weighted by molar-refractivity contribution is -0.0684. The van der Waals surface area contributed by atoms with Crippen LogP contribution in [-0.4, -0.2) is 52.8 Å². The number of nitrogens with zero attached hydrogens (tertiary/aromatic N) is 1. The molecular weight excluding hydrogens is 196 g/mol. The number of hydrogen-bond donors (Lipinski definition) is 2. The molecule has 3 N–H and O–H groups in total. The third kappa shape index (κ3) is 1.69. The largest absolute Gasteiger partial charge is 0.388 e. The van der Waals surface area contributed by atoms with Crippen LogP contribution >= 0.6 is 11.8 Å². The second-order valence-electron chi connectivity index (χ2n) is 4.79. The lowest BCUT2D eigenvalue weighted by Crippen LogP contribution is -2.64. The number of rotatable bonds is 1. The van der Waals surface area contributed by atoms with Gasteiger partial charge in [0.15, 0.2) is 0 Å². The lowest BCUT2D eigenvalue weighted by Gasteiger charge is -2.46. The van der Waals surface area contributed by atoms with Gasteiger partial charge in [0.05, 0.1) is 11.1 Å². The Labute approximate surface area is 90.0 Å². The van der Waals surface area contributed by atoms with Gasteiger partial charge >= 0.3 is 0 Å². The van der Waals surface area contributed by atoms with Gasteiger partial charge in [-0.3, -0.25) is 0 Å². The van der Waals surface area contributed by atoms with Crippen molar-refractivity contribution < 1.29 is 5.11 Å². The van der Waals surface area contributed by atoms with Crippen molar-refractivity contribution in [2.45, 2.75) is 30.4 Å². The van der Waals surface area contributed by atoms with Gasteiger partial charge in [0, 0.05) is 18.8 Å². The van der Waals surface area contributed by atoms with Crippen LogP contribution in [0.1, 0.15) is 19.3 Å².